The molecular formula is C78H64O8. The van der Waals surface area contributed by atoms with Crippen molar-refractivity contribution in [3.8, 4) is 67.5 Å². The van der Waals surface area contributed by atoms with Crippen molar-refractivity contribution in [2.24, 2.45) is 0 Å². The van der Waals surface area contributed by atoms with Crippen LogP contribution in [-0.4, -0.2) is 73.3 Å². The number of aliphatic hydroxyl groups is 4. The predicted octanol–water partition coefficient (Wildman–Crippen LogP) is 15.2. The smallest absolute Gasteiger partial charge is 0.127 e. The van der Waals surface area contributed by atoms with Gasteiger partial charge in [0.2, 0.25) is 0 Å². The number of hydrogen-bond donors (Lipinski definition) is 4. The van der Waals surface area contributed by atoms with Gasteiger partial charge in [0.1, 0.15) is 49.4 Å². The molecule has 0 unspecified atom stereocenters. The minimum absolute atomic E-state index is 0.0128. The molecule has 0 heterocycles. The molecule has 424 valence electrons. The number of benzene rings is 12. The Bertz CT molecular complexity index is 4100. The lowest BCUT2D eigenvalue weighted by Crippen LogP contribution is -2.29. The monoisotopic (exact) mass is 1130 g/mol. The van der Waals surface area contributed by atoms with Crippen molar-refractivity contribution in [1.82, 2.24) is 0 Å². The Labute approximate surface area is 501 Å². The molecule has 0 fully saturated rings. The highest BCUT2D eigenvalue weighted by Gasteiger charge is 2.48. The Hall–Kier alpha value is -9.80. The van der Waals surface area contributed by atoms with E-state index in [0.29, 0.717) is 0 Å². The normalized spacial score (nSPS) is 13.0. The first kappa shape index (κ1) is 55.4. The average molecular weight is 1130 g/mol. The van der Waals surface area contributed by atoms with Crippen LogP contribution in [0.15, 0.2) is 267 Å². The quantitative estimate of drug-likeness (QED) is 0.0671. The van der Waals surface area contributed by atoms with E-state index in [1.165, 1.54) is 55.6 Å². The van der Waals surface area contributed by atoms with E-state index in [9.17, 15) is 10.2 Å². The maximum absolute atomic E-state index is 9.57. The molecule has 86 heavy (non-hydrogen) atoms. The van der Waals surface area contributed by atoms with Crippen LogP contribution in [0.1, 0.15) is 44.5 Å². The molecule has 0 amide bonds. The van der Waals surface area contributed by atoms with Crippen LogP contribution >= 0.6 is 0 Å². The topological polar surface area (TPSA) is 118 Å². The SMILES string of the molecule is OCCOc1ccc(C2(c3ccc(OCCO)c(-c4ccccc4)c3)c3ccccc3-c3ccccc32)cc1-c1ccccc1.OCCOc1ccc2cc(C3(c4ccc5cc(OCCO)ccc5c4)c4ccccc4-c4ccccc43)ccc2c1. The maximum Gasteiger partial charge on any atom is 0.127 e. The second-order valence-electron chi connectivity index (χ2n) is 21.6. The van der Waals surface area contributed by atoms with Crippen molar-refractivity contribution in [2.75, 3.05) is 52.9 Å². The third-order valence-corrected chi connectivity index (χ3v) is 16.8. The number of hydrogen-bond acceptors (Lipinski definition) is 8. The van der Waals surface area contributed by atoms with Gasteiger partial charge >= 0.3 is 0 Å². The van der Waals surface area contributed by atoms with Crippen molar-refractivity contribution in [1.29, 1.82) is 0 Å². The van der Waals surface area contributed by atoms with E-state index in [1.54, 1.807) is 0 Å². The highest BCUT2D eigenvalue weighted by molar-refractivity contribution is 5.93. The summed E-state index contributed by atoms with van der Waals surface area (Å²) < 4.78 is 23.5. The maximum atomic E-state index is 9.57. The Kier molecular flexibility index (Phi) is 15.7. The summed E-state index contributed by atoms with van der Waals surface area (Å²) in [6.45, 7) is 0.829. The average Bonchev–Trinajstić information content (AvgIpc) is 1.54. The fourth-order valence-electron chi connectivity index (χ4n) is 13.2. The molecule has 0 saturated heterocycles. The number of rotatable bonds is 18. The molecule has 0 saturated carbocycles. The zero-order valence-electron chi connectivity index (χ0n) is 47.5. The van der Waals surface area contributed by atoms with E-state index in [-0.39, 0.29) is 52.9 Å². The zero-order chi connectivity index (χ0) is 58.5. The first-order valence-electron chi connectivity index (χ1n) is 29.3. The predicted molar refractivity (Wildman–Crippen MR) is 344 cm³/mol. The Balaban J connectivity index is 0.000000160. The molecule has 2 aliphatic carbocycles. The summed E-state index contributed by atoms with van der Waals surface area (Å²) in [5, 5.41) is 41.9. The van der Waals surface area contributed by atoms with Gasteiger partial charge in [-0.25, -0.2) is 0 Å². The summed E-state index contributed by atoms with van der Waals surface area (Å²) in [5.74, 6) is 2.96. The molecule has 14 rings (SSSR count). The lowest BCUT2D eigenvalue weighted by molar-refractivity contribution is 0.201. The highest BCUT2D eigenvalue weighted by atomic mass is 16.5. The van der Waals surface area contributed by atoms with Crippen LogP contribution in [0.25, 0.3) is 66.1 Å². The van der Waals surface area contributed by atoms with Gasteiger partial charge in [-0.15, -0.1) is 0 Å². The van der Waals surface area contributed by atoms with Gasteiger partial charge in [-0.1, -0.05) is 206 Å². The van der Waals surface area contributed by atoms with Crippen LogP contribution in [-0.2, 0) is 10.8 Å². The molecule has 0 bridgehead atoms. The third kappa shape index (κ3) is 9.92. The fraction of sp³-hybridized carbons (Fsp3) is 0.128. The largest absolute Gasteiger partial charge is 0.491 e. The van der Waals surface area contributed by atoms with Gasteiger partial charge in [-0.05, 0) is 160 Å². The summed E-state index contributed by atoms with van der Waals surface area (Å²) in [7, 11) is 0. The number of ether oxygens (including phenoxy) is 4. The second kappa shape index (κ2) is 24.4. The van der Waals surface area contributed by atoms with Crippen LogP contribution in [0.2, 0.25) is 0 Å². The molecule has 12 aromatic rings. The molecule has 4 N–H and O–H groups in total. The van der Waals surface area contributed by atoms with Crippen LogP contribution in [0.3, 0.4) is 0 Å². The van der Waals surface area contributed by atoms with Gasteiger partial charge in [0.15, 0.2) is 0 Å². The van der Waals surface area contributed by atoms with Gasteiger partial charge in [-0.3, -0.25) is 0 Å². The van der Waals surface area contributed by atoms with E-state index in [0.717, 1.165) is 77.9 Å². The van der Waals surface area contributed by atoms with Gasteiger partial charge in [-0.2, -0.15) is 0 Å². The lowest BCUT2D eigenvalue weighted by Gasteiger charge is -2.35. The lowest BCUT2D eigenvalue weighted by atomic mass is 9.67. The van der Waals surface area contributed by atoms with Crippen molar-refractivity contribution in [2.45, 2.75) is 10.8 Å². The summed E-state index contributed by atoms with van der Waals surface area (Å²) in [6.07, 6.45) is 0. The molecule has 0 aromatic heterocycles. The molecule has 8 nitrogen and oxygen atoms in total. The van der Waals surface area contributed by atoms with Gasteiger partial charge in [0.05, 0.1) is 37.3 Å². The van der Waals surface area contributed by atoms with Gasteiger partial charge < -0.3 is 39.4 Å². The molecule has 0 radical (unpaired) electrons. The van der Waals surface area contributed by atoms with Gasteiger partial charge in [0, 0.05) is 11.1 Å². The van der Waals surface area contributed by atoms with Crippen LogP contribution in [0, 0.1) is 0 Å². The van der Waals surface area contributed by atoms with E-state index in [4.69, 9.17) is 29.2 Å². The fourth-order valence-corrected chi connectivity index (χ4v) is 13.2. The summed E-state index contributed by atoms with van der Waals surface area (Å²) in [5.41, 5.74) is 17.4. The Morgan fingerprint density at radius 3 is 0.895 bits per heavy atom. The number of fused-ring (bicyclic) bond motifs is 8. The Morgan fingerprint density at radius 2 is 0.535 bits per heavy atom. The Morgan fingerprint density at radius 1 is 0.244 bits per heavy atom. The molecule has 0 aliphatic heterocycles. The van der Waals surface area contributed by atoms with E-state index in [2.05, 4.69) is 194 Å². The molecule has 8 heteroatoms. The molecular weight excluding hydrogens is 1060 g/mol. The molecule has 12 aromatic carbocycles. The van der Waals surface area contributed by atoms with Crippen molar-refractivity contribution < 1.29 is 39.4 Å². The summed E-state index contributed by atoms with van der Waals surface area (Å²) >= 11 is 0. The van der Waals surface area contributed by atoms with Crippen molar-refractivity contribution in [3.05, 3.63) is 311 Å². The highest BCUT2D eigenvalue weighted by Crippen LogP contribution is 2.59. The van der Waals surface area contributed by atoms with Crippen LogP contribution < -0.4 is 18.9 Å². The minimum Gasteiger partial charge on any atom is -0.491 e. The van der Waals surface area contributed by atoms with E-state index >= 15 is 0 Å². The summed E-state index contributed by atoms with van der Waals surface area (Å²) in [6, 6.07) is 93.9. The first-order chi connectivity index (χ1) is 42.5. The van der Waals surface area contributed by atoms with Crippen molar-refractivity contribution in [3.63, 3.8) is 0 Å². The number of aliphatic hydroxyl groups excluding tert-OH is 4. The second-order valence-corrected chi connectivity index (χ2v) is 21.6. The molecule has 2 aliphatic rings. The minimum atomic E-state index is -0.648. The van der Waals surface area contributed by atoms with Crippen LogP contribution in [0.5, 0.6) is 23.0 Å². The standard InChI is InChI=1S/C41H34O4.C37H30O4/c42-23-25-44-39-21-19-31(27-35(39)29-11-3-1-4-12-29)41(37-17-9-7-15-33(37)34-16-8-10-18-38(34)41)32-20-22-40(45-26-24-43)36(28-32)30-13-5-2-6-14-30;38-17-19-40-31-15-11-25-21-29(13-9-27(25)23-31)37(35-7-3-1-5-33(35)34-6-2-4-8-36(34)37)30-14-10-28-24-32(41-20-18-39)16-12-26(28)22-30/h1-22,27-28,42-43H,23-26H2;1-16,21-24,38-39H,17-20H2. The van der Waals surface area contributed by atoms with Crippen molar-refractivity contribution >= 4 is 21.5 Å². The first-order valence-corrected chi connectivity index (χ1v) is 29.3. The zero-order valence-corrected chi connectivity index (χ0v) is 47.5. The summed E-state index contributed by atoms with van der Waals surface area (Å²) in [4.78, 5) is 0. The van der Waals surface area contributed by atoms with E-state index < -0.39 is 10.8 Å². The van der Waals surface area contributed by atoms with Crippen LogP contribution in [0.4, 0.5) is 0 Å². The molecule has 0 atom stereocenters. The van der Waals surface area contributed by atoms with Gasteiger partial charge in [0.25, 0.3) is 0 Å². The third-order valence-electron chi connectivity index (χ3n) is 16.8. The molecule has 0 spiro atoms. The van der Waals surface area contributed by atoms with E-state index in [1.807, 2.05) is 72.8 Å².